The molecule has 2 aromatic carbocycles. The van der Waals surface area contributed by atoms with Crippen LogP contribution in [0.25, 0.3) is 0 Å². The highest BCUT2D eigenvalue weighted by molar-refractivity contribution is 6.42. The molecule has 1 N–H and O–H groups in total. The molecule has 1 atom stereocenters. The molecule has 0 aliphatic heterocycles. The van der Waals surface area contributed by atoms with E-state index in [0.29, 0.717) is 23.0 Å². The van der Waals surface area contributed by atoms with Crippen molar-refractivity contribution < 1.29 is 9.59 Å². The third-order valence-corrected chi connectivity index (χ3v) is 6.43. The Labute approximate surface area is 188 Å². The van der Waals surface area contributed by atoms with Crippen molar-refractivity contribution in [2.24, 2.45) is 0 Å². The summed E-state index contributed by atoms with van der Waals surface area (Å²) in [5.74, 6) is -0.184. The zero-order valence-electron chi connectivity index (χ0n) is 17.2. The zero-order valence-corrected chi connectivity index (χ0v) is 18.8. The summed E-state index contributed by atoms with van der Waals surface area (Å²) in [4.78, 5) is 27.7. The fourth-order valence-electron chi connectivity index (χ4n) is 3.89. The number of carbonyl (C=O) groups is 2. The van der Waals surface area contributed by atoms with E-state index in [2.05, 4.69) is 5.32 Å². The maximum absolute atomic E-state index is 13.2. The van der Waals surface area contributed by atoms with Crippen molar-refractivity contribution in [3.8, 4) is 0 Å². The van der Waals surface area contributed by atoms with Crippen molar-refractivity contribution in [2.45, 2.75) is 57.5 Å². The van der Waals surface area contributed by atoms with Crippen molar-refractivity contribution in [1.82, 2.24) is 10.2 Å². The van der Waals surface area contributed by atoms with Gasteiger partial charge in [-0.05, 0) is 49.4 Å². The average molecular weight is 447 g/mol. The van der Waals surface area contributed by atoms with Crippen LogP contribution in [0, 0.1) is 0 Å². The van der Waals surface area contributed by atoms with E-state index in [1.165, 1.54) is 0 Å². The fraction of sp³-hybridized carbons (Fsp3) is 0.417. The maximum Gasteiger partial charge on any atom is 0.242 e. The van der Waals surface area contributed by atoms with E-state index in [1.54, 1.807) is 23.1 Å². The number of nitrogens with one attached hydrogen (secondary N) is 1. The SMILES string of the molecule is C[C@@H](C(=O)NC1CCCC1)N(CCc1ccccc1)C(=O)Cc1ccc(Cl)c(Cl)c1. The van der Waals surface area contributed by atoms with Gasteiger partial charge in [0.25, 0.3) is 0 Å². The first-order valence-corrected chi connectivity index (χ1v) is 11.3. The van der Waals surface area contributed by atoms with Gasteiger partial charge >= 0.3 is 0 Å². The van der Waals surface area contributed by atoms with Crippen LogP contribution < -0.4 is 5.32 Å². The molecule has 1 fully saturated rings. The van der Waals surface area contributed by atoms with Gasteiger partial charge in [0, 0.05) is 12.6 Å². The van der Waals surface area contributed by atoms with Gasteiger partial charge in [-0.25, -0.2) is 0 Å². The molecule has 4 nitrogen and oxygen atoms in total. The molecule has 160 valence electrons. The molecule has 0 radical (unpaired) electrons. The second-order valence-corrected chi connectivity index (χ2v) is 8.73. The van der Waals surface area contributed by atoms with E-state index in [-0.39, 0.29) is 24.3 Å². The first kappa shape index (κ1) is 22.6. The number of rotatable bonds is 8. The first-order chi connectivity index (χ1) is 14.4. The fourth-order valence-corrected chi connectivity index (χ4v) is 4.21. The van der Waals surface area contributed by atoms with E-state index >= 15 is 0 Å². The monoisotopic (exact) mass is 446 g/mol. The molecular formula is C24H28Cl2N2O2. The van der Waals surface area contributed by atoms with Crippen LogP contribution in [0.2, 0.25) is 10.0 Å². The molecular weight excluding hydrogens is 419 g/mol. The van der Waals surface area contributed by atoms with Gasteiger partial charge in [0.15, 0.2) is 0 Å². The third-order valence-electron chi connectivity index (χ3n) is 5.69. The van der Waals surface area contributed by atoms with Gasteiger partial charge in [-0.15, -0.1) is 0 Å². The topological polar surface area (TPSA) is 49.4 Å². The molecule has 1 aliphatic carbocycles. The Morgan fingerprint density at radius 1 is 1.03 bits per heavy atom. The van der Waals surface area contributed by atoms with Crippen LogP contribution in [0.1, 0.15) is 43.7 Å². The summed E-state index contributed by atoms with van der Waals surface area (Å²) in [6.07, 6.45) is 5.18. The summed E-state index contributed by atoms with van der Waals surface area (Å²) in [7, 11) is 0. The summed E-state index contributed by atoms with van der Waals surface area (Å²) in [5, 5.41) is 4.00. The lowest BCUT2D eigenvalue weighted by atomic mass is 10.1. The summed E-state index contributed by atoms with van der Waals surface area (Å²) < 4.78 is 0. The van der Waals surface area contributed by atoms with Crippen molar-refractivity contribution in [2.75, 3.05) is 6.54 Å². The van der Waals surface area contributed by atoms with E-state index in [1.807, 2.05) is 37.3 Å². The van der Waals surface area contributed by atoms with Gasteiger partial charge in [0.05, 0.1) is 16.5 Å². The van der Waals surface area contributed by atoms with Gasteiger partial charge in [-0.2, -0.15) is 0 Å². The van der Waals surface area contributed by atoms with Crippen LogP contribution in [-0.4, -0.2) is 35.3 Å². The van der Waals surface area contributed by atoms with Crippen LogP contribution >= 0.6 is 23.2 Å². The number of hydrogen-bond donors (Lipinski definition) is 1. The largest absolute Gasteiger partial charge is 0.352 e. The predicted octanol–water partition coefficient (Wildman–Crippen LogP) is 5.05. The Morgan fingerprint density at radius 3 is 2.40 bits per heavy atom. The number of benzene rings is 2. The molecule has 0 unspecified atom stereocenters. The minimum Gasteiger partial charge on any atom is -0.352 e. The van der Waals surface area contributed by atoms with E-state index in [0.717, 1.165) is 36.8 Å². The van der Waals surface area contributed by atoms with Crippen molar-refractivity contribution >= 4 is 35.0 Å². The Morgan fingerprint density at radius 2 is 1.73 bits per heavy atom. The number of halogens is 2. The quantitative estimate of drug-likeness (QED) is 0.616. The number of carbonyl (C=O) groups excluding carboxylic acids is 2. The lowest BCUT2D eigenvalue weighted by Crippen LogP contribution is -2.51. The van der Waals surface area contributed by atoms with Crippen molar-refractivity contribution in [3.63, 3.8) is 0 Å². The lowest BCUT2D eigenvalue weighted by molar-refractivity contribution is -0.139. The zero-order chi connectivity index (χ0) is 21.5. The predicted molar refractivity (Wildman–Crippen MR) is 122 cm³/mol. The summed E-state index contributed by atoms with van der Waals surface area (Å²) in [5.41, 5.74) is 1.91. The van der Waals surface area contributed by atoms with Crippen molar-refractivity contribution in [1.29, 1.82) is 0 Å². The molecule has 30 heavy (non-hydrogen) atoms. The molecule has 0 saturated heterocycles. The molecule has 3 rings (SSSR count). The molecule has 2 aromatic rings. The second-order valence-electron chi connectivity index (χ2n) is 7.91. The lowest BCUT2D eigenvalue weighted by Gasteiger charge is -2.30. The van der Waals surface area contributed by atoms with Crippen LogP contribution in [-0.2, 0) is 22.4 Å². The molecule has 0 bridgehead atoms. The molecule has 0 spiro atoms. The Bertz CT molecular complexity index is 867. The number of nitrogens with zero attached hydrogens (tertiary/aromatic N) is 1. The van der Waals surface area contributed by atoms with Gasteiger partial charge in [-0.1, -0.05) is 72.4 Å². The maximum atomic E-state index is 13.2. The van der Waals surface area contributed by atoms with E-state index < -0.39 is 6.04 Å². The number of hydrogen-bond acceptors (Lipinski definition) is 2. The number of amides is 2. The van der Waals surface area contributed by atoms with E-state index in [4.69, 9.17) is 23.2 Å². The third kappa shape index (κ3) is 6.23. The van der Waals surface area contributed by atoms with E-state index in [9.17, 15) is 9.59 Å². The first-order valence-electron chi connectivity index (χ1n) is 10.5. The molecule has 0 heterocycles. The molecule has 1 saturated carbocycles. The summed E-state index contributed by atoms with van der Waals surface area (Å²) in [6.45, 7) is 2.28. The minimum absolute atomic E-state index is 0.0857. The average Bonchev–Trinajstić information content (AvgIpc) is 3.24. The smallest absolute Gasteiger partial charge is 0.242 e. The summed E-state index contributed by atoms with van der Waals surface area (Å²) >= 11 is 12.1. The van der Waals surface area contributed by atoms with Crippen molar-refractivity contribution in [3.05, 3.63) is 69.7 Å². The van der Waals surface area contributed by atoms with Crippen LogP contribution in [0.3, 0.4) is 0 Å². The molecule has 6 heteroatoms. The Kier molecular flexibility index (Phi) is 8.17. The standard InChI is InChI=1S/C24H28Cl2N2O2/c1-17(24(30)27-20-9-5-6-10-20)28(14-13-18-7-3-2-4-8-18)23(29)16-19-11-12-21(25)22(26)15-19/h2-4,7-8,11-12,15,17,20H,5-6,9-10,13-14,16H2,1H3,(H,27,30)/t17-/m0/s1. The Hall–Kier alpha value is -2.04. The Balaban J connectivity index is 1.71. The molecule has 0 aromatic heterocycles. The van der Waals surface area contributed by atoms with Gasteiger partial charge in [0.2, 0.25) is 11.8 Å². The van der Waals surface area contributed by atoms with Crippen LogP contribution in [0.15, 0.2) is 48.5 Å². The van der Waals surface area contributed by atoms with Gasteiger partial charge in [0.1, 0.15) is 6.04 Å². The normalized spacial score (nSPS) is 15.0. The van der Waals surface area contributed by atoms with Gasteiger partial charge in [-0.3, -0.25) is 9.59 Å². The highest BCUT2D eigenvalue weighted by Gasteiger charge is 2.28. The second kappa shape index (κ2) is 10.8. The van der Waals surface area contributed by atoms with Crippen LogP contribution in [0.5, 0.6) is 0 Å². The molecule has 1 aliphatic rings. The minimum atomic E-state index is -0.537. The molecule has 2 amide bonds. The van der Waals surface area contributed by atoms with Gasteiger partial charge < -0.3 is 10.2 Å². The summed E-state index contributed by atoms with van der Waals surface area (Å²) in [6, 6.07) is 14.9. The highest BCUT2D eigenvalue weighted by Crippen LogP contribution is 2.23. The highest BCUT2D eigenvalue weighted by atomic mass is 35.5. The van der Waals surface area contributed by atoms with Crippen LogP contribution in [0.4, 0.5) is 0 Å².